The molecule has 0 saturated heterocycles. The normalized spacial score (nSPS) is 17.9. The fourth-order valence-electron chi connectivity index (χ4n) is 1.58. The van der Waals surface area contributed by atoms with Crippen LogP contribution in [-0.4, -0.2) is 17.4 Å². The summed E-state index contributed by atoms with van der Waals surface area (Å²) >= 11 is 1.48. The van der Waals surface area contributed by atoms with Crippen LogP contribution in [0.25, 0.3) is 0 Å². The van der Waals surface area contributed by atoms with Crippen LogP contribution < -0.4 is 11.1 Å². The van der Waals surface area contributed by atoms with Gasteiger partial charge in [-0.3, -0.25) is 4.79 Å². The molecule has 1 aromatic heterocycles. The van der Waals surface area contributed by atoms with Gasteiger partial charge in [0, 0.05) is 17.3 Å². The highest BCUT2D eigenvalue weighted by atomic mass is 32.1. The Morgan fingerprint density at radius 3 is 2.65 bits per heavy atom. The molecule has 1 aliphatic carbocycles. The van der Waals surface area contributed by atoms with Gasteiger partial charge in [-0.2, -0.15) is 0 Å². The van der Waals surface area contributed by atoms with E-state index in [1.165, 1.54) is 11.3 Å². The van der Waals surface area contributed by atoms with Crippen LogP contribution in [0.3, 0.4) is 0 Å². The second-order valence-electron chi connectivity index (χ2n) is 5.73. The molecule has 4 nitrogen and oxygen atoms in total. The number of aromatic nitrogens is 1. The molecular weight excluding hydrogens is 234 g/mol. The lowest BCUT2D eigenvalue weighted by atomic mass is 9.93. The van der Waals surface area contributed by atoms with E-state index >= 15 is 0 Å². The number of carbonyl (C=O) groups is 1. The molecule has 0 spiro atoms. The topological polar surface area (TPSA) is 68.0 Å². The molecule has 94 valence electrons. The number of hydrogen-bond donors (Lipinski definition) is 2. The molecule has 3 N–H and O–H groups in total. The third-order valence-electron chi connectivity index (χ3n) is 3.22. The number of anilines is 1. The average molecular weight is 253 g/mol. The van der Waals surface area contributed by atoms with Crippen molar-refractivity contribution in [2.75, 3.05) is 11.9 Å². The maximum Gasteiger partial charge on any atom is 0.233 e. The summed E-state index contributed by atoms with van der Waals surface area (Å²) in [5, 5.41) is 5.55. The van der Waals surface area contributed by atoms with E-state index in [4.69, 9.17) is 5.73 Å². The average Bonchev–Trinajstić information content (AvgIpc) is 2.91. The van der Waals surface area contributed by atoms with E-state index < -0.39 is 0 Å². The summed E-state index contributed by atoms with van der Waals surface area (Å²) < 4.78 is 0. The summed E-state index contributed by atoms with van der Waals surface area (Å²) in [6, 6.07) is 0. The Labute approximate surface area is 106 Å². The van der Waals surface area contributed by atoms with Crippen LogP contribution in [-0.2, 0) is 10.2 Å². The Hall–Kier alpha value is -0.940. The molecule has 1 aromatic rings. The molecule has 0 unspecified atom stereocenters. The van der Waals surface area contributed by atoms with E-state index in [2.05, 4.69) is 31.1 Å². The standard InChI is InChI=1S/C12H19N3OS/c1-11(2,3)8-6-17-10(14-8)15-9(16)12(7-13)4-5-12/h6H,4-5,7,13H2,1-3H3,(H,14,15,16). The van der Waals surface area contributed by atoms with Crippen molar-refractivity contribution in [3.05, 3.63) is 11.1 Å². The van der Waals surface area contributed by atoms with Crippen molar-refractivity contribution in [2.45, 2.75) is 39.0 Å². The second-order valence-corrected chi connectivity index (χ2v) is 6.58. The zero-order valence-corrected chi connectivity index (χ0v) is 11.4. The van der Waals surface area contributed by atoms with Gasteiger partial charge in [0.25, 0.3) is 0 Å². The molecule has 0 bridgehead atoms. The monoisotopic (exact) mass is 253 g/mol. The highest BCUT2D eigenvalue weighted by Gasteiger charge is 2.48. The van der Waals surface area contributed by atoms with Gasteiger partial charge in [0.05, 0.1) is 11.1 Å². The number of hydrogen-bond acceptors (Lipinski definition) is 4. The van der Waals surface area contributed by atoms with Crippen LogP contribution >= 0.6 is 11.3 Å². The van der Waals surface area contributed by atoms with Gasteiger partial charge in [0.15, 0.2) is 5.13 Å². The number of carbonyl (C=O) groups excluding carboxylic acids is 1. The number of nitrogens with two attached hydrogens (primary N) is 1. The van der Waals surface area contributed by atoms with Gasteiger partial charge in [-0.1, -0.05) is 20.8 Å². The van der Waals surface area contributed by atoms with Crippen LogP contribution in [0.4, 0.5) is 5.13 Å². The van der Waals surface area contributed by atoms with E-state index in [0.29, 0.717) is 11.7 Å². The highest BCUT2D eigenvalue weighted by Crippen LogP contribution is 2.45. The SMILES string of the molecule is CC(C)(C)c1csc(NC(=O)C2(CN)CC2)n1. The molecule has 1 fully saturated rings. The Kier molecular flexibility index (Phi) is 2.99. The molecule has 5 heteroatoms. The molecular formula is C12H19N3OS. The van der Waals surface area contributed by atoms with Gasteiger partial charge in [-0.15, -0.1) is 11.3 Å². The summed E-state index contributed by atoms with van der Waals surface area (Å²) in [7, 11) is 0. The van der Waals surface area contributed by atoms with Crippen molar-refractivity contribution in [1.29, 1.82) is 0 Å². The predicted octanol–water partition coefficient (Wildman–Crippen LogP) is 2.12. The van der Waals surface area contributed by atoms with E-state index in [1.54, 1.807) is 0 Å². The molecule has 17 heavy (non-hydrogen) atoms. The van der Waals surface area contributed by atoms with Crippen LogP contribution in [0.1, 0.15) is 39.3 Å². The predicted molar refractivity (Wildman–Crippen MR) is 70.2 cm³/mol. The van der Waals surface area contributed by atoms with Gasteiger partial charge < -0.3 is 11.1 Å². The van der Waals surface area contributed by atoms with Crippen molar-refractivity contribution in [1.82, 2.24) is 4.98 Å². The third kappa shape index (κ3) is 2.50. The molecule has 1 heterocycles. The number of nitrogens with zero attached hydrogens (tertiary/aromatic N) is 1. The fourth-order valence-corrected chi connectivity index (χ4v) is 2.51. The molecule has 0 atom stereocenters. The third-order valence-corrected chi connectivity index (χ3v) is 3.98. The van der Waals surface area contributed by atoms with Gasteiger partial charge in [-0.25, -0.2) is 4.98 Å². The van der Waals surface area contributed by atoms with Gasteiger partial charge >= 0.3 is 0 Å². The second kappa shape index (κ2) is 4.07. The number of nitrogens with one attached hydrogen (secondary N) is 1. The first-order chi connectivity index (χ1) is 7.87. The Morgan fingerprint density at radius 1 is 1.59 bits per heavy atom. The van der Waals surface area contributed by atoms with Crippen molar-refractivity contribution in [3.8, 4) is 0 Å². The van der Waals surface area contributed by atoms with Crippen molar-refractivity contribution in [2.24, 2.45) is 11.1 Å². The van der Waals surface area contributed by atoms with Gasteiger partial charge in [0.1, 0.15) is 0 Å². The first-order valence-corrected chi connectivity index (χ1v) is 6.73. The first kappa shape index (κ1) is 12.5. The number of rotatable bonds is 3. The molecule has 0 aliphatic heterocycles. The smallest absolute Gasteiger partial charge is 0.233 e. The summed E-state index contributed by atoms with van der Waals surface area (Å²) in [5.41, 5.74) is 6.34. The lowest BCUT2D eigenvalue weighted by Crippen LogP contribution is -2.30. The summed E-state index contributed by atoms with van der Waals surface area (Å²) in [6.07, 6.45) is 1.79. The van der Waals surface area contributed by atoms with E-state index in [-0.39, 0.29) is 16.7 Å². The Morgan fingerprint density at radius 2 is 2.24 bits per heavy atom. The van der Waals surface area contributed by atoms with Gasteiger partial charge in [0.2, 0.25) is 5.91 Å². The molecule has 1 saturated carbocycles. The minimum Gasteiger partial charge on any atom is -0.329 e. The molecule has 1 amide bonds. The maximum absolute atomic E-state index is 12.0. The van der Waals surface area contributed by atoms with Crippen LogP contribution in [0.5, 0.6) is 0 Å². The zero-order valence-electron chi connectivity index (χ0n) is 10.5. The lowest BCUT2D eigenvalue weighted by molar-refractivity contribution is -0.120. The molecule has 0 aromatic carbocycles. The molecule has 1 aliphatic rings. The maximum atomic E-state index is 12.0. The van der Waals surface area contributed by atoms with Crippen LogP contribution in [0, 0.1) is 5.41 Å². The summed E-state index contributed by atoms with van der Waals surface area (Å²) in [5.74, 6) is 0.0230. The van der Waals surface area contributed by atoms with Crippen LogP contribution in [0.15, 0.2) is 5.38 Å². The number of amides is 1. The van der Waals surface area contributed by atoms with Crippen molar-refractivity contribution < 1.29 is 4.79 Å². The summed E-state index contributed by atoms with van der Waals surface area (Å²) in [6.45, 7) is 6.75. The van der Waals surface area contributed by atoms with E-state index in [1.807, 2.05) is 5.38 Å². The minimum atomic E-state index is -0.312. The Bertz CT molecular complexity index is 429. The highest BCUT2D eigenvalue weighted by molar-refractivity contribution is 7.14. The van der Waals surface area contributed by atoms with Crippen molar-refractivity contribution in [3.63, 3.8) is 0 Å². The largest absolute Gasteiger partial charge is 0.329 e. The first-order valence-electron chi connectivity index (χ1n) is 5.85. The van der Waals surface area contributed by atoms with Gasteiger partial charge in [-0.05, 0) is 12.8 Å². The summed E-state index contributed by atoms with van der Waals surface area (Å²) in [4.78, 5) is 16.4. The minimum absolute atomic E-state index is 0.0185. The molecule has 2 rings (SSSR count). The van der Waals surface area contributed by atoms with Crippen LogP contribution in [0.2, 0.25) is 0 Å². The Balaban J connectivity index is 2.05. The van der Waals surface area contributed by atoms with E-state index in [0.717, 1.165) is 18.5 Å². The zero-order chi connectivity index (χ0) is 12.7. The van der Waals surface area contributed by atoms with Crippen molar-refractivity contribution >= 4 is 22.4 Å². The molecule has 0 radical (unpaired) electrons. The fraction of sp³-hybridized carbons (Fsp3) is 0.667. The quantitative estimate of drug-likeness (QED) is 0.867. The lowest BCUT2D eigenvalue weighted by Gasteiger charge is -2.14. The van der Waals surface area contributed by atoms with E-state index in [9.17, 15) is 4.79 Å². The number of thiazole rings is 1.